The fourth-order valence-electron chi connectivity index (χ4n) is 1.79. The van der Waals surface area contributed by atoms with E-state index < -0.39 is 0 Å². The second-order valence-electron chi connectivity index (χ2n) is 3.65. The van der Waals surface area contributed by atoms with E-state index in [-0.39, 0.29) is 0 Å². The Kier molecular flexibility index (Phi) is 2.40. The number of fused-ring (bicyclic) bond motifs is 1. The predicted octanol–water partition coefficient (Wildman–Crippen LogP) is 3.37. The topological polar surface area (TPSA) is 26.0 Å². The quantitative estimate of drug-likeness (QED) is 0.713. The molecule has 1 nitrogen and oxygen atoms in total. The number of hydrogen-bond acceptors (Lipinski definition) is 1. The maximum absolute atomic E-state index is 5.92. The molecule has 0 aliphatic carbocycles. The van der Waals surface area contributed by atoms with Crippen molar-refractivity contribution in [3.05, 3.63) is 42.0 Å². The highest BCUT2D eigenvalue weighted by atomic mass is 14.5. The van der Waals surface area contributed by atoms with Gasteiger partial charge in [0.1, 0.15) is 0 Å². The van der Waals surface area contributed by atoms with E-state index in [0.29, 0.717) is 0 Å². The van der Waals surface area contributed by atoms with Gasteiger partial charge in [0.2, 0.25) is 0 Å². The maximum atomic E-state index is 5.92. The summed E-state index contributed by atoms with van der Waals surface area (Å²) in [7, 11) is 0. The zero-order valence-corrected chi connectivity index (χ0v) is 8.46. The van der Waals surface area contributed by atoms with Crippen LogP contribution in [-0.2, 0) is 6.42 Å². The summed E-state index contributed by atoms with van der Waals surface area (Å²) in [5.74, 6) is 0. The molecule has 0 aliphatic rings. The van der Waals surface area contributed by atoms with Crippen molar-refractivity contribution in [1.82, 2.24) is 0 Å². The van der Waals surface area contributed by atoms with Crippen molar-refractivity contribution in [2.75, 3.05) is 5.73 Å². The molecule has 2 aromatic rings. The molecule has 0 atom stereocenters. The lowest BCUT2D eigenvalue weighted by Gasteiger charge is -2.04. The number of nitrogens with two attached hydrogens (primary N) is 1. The maximum Gasteiger partial charge on any atom is 0.0393 e. The van der Waals surface area contributed by atoms with Crippen LogP contribution in [0.1, 0.15) is 18.9 Å². The van der Waals surface area contributed by atoms with Crippen LogP contribution < -0.4 is 5.73 Å². The SMILES string of the molecule is CCCc1ccc2cccc(N)c2c1. The first-order valence-electron chi connectivity index (χ1n) is 5.08. The second-order valence-corrected chi connectivity index (χ2v) is 3.65. The molecule has 14 heavy (non-hydrogen) atoms. The van der Waals surface area contributed by atoms with Gasteiger partial charge >= 0.3 is 0 Å². The van der Waals surface area contributed by atoms with Gasteiger partial charge in [-0.3, -0.25) is 0 Å². The van der Waals surface area contributed by atoms with Gasteiger partial charge in [-0.1, -0.05) is 37.6 Å². The summed E-state index contributed by atoms with van der Waals surface area (Å²) in [5, 5.41) is 2.41. The van der Waals surface area contributed by atoms with Gasteiger partial charge in [-0.2, -0.15) is 0 Å². The van der Waals surface area contributed by atoms with Crippen LogP contribution >= 0.6 is 0 Å². The Labute approximate surface area is 84.5 Å². The average molecular weight is 185 g/mol. The van der Waals surface area contributed by atoms with Crippen LogP contribution in [0.5, 0.6) is 0 Å². The van der Waals surface area contributed by atoms with E-state index in [0.717, 1.165) is 12.1 Å². The van der Waals surface area contributed by atoms with Gasteiger partial charge in [0, 0.05) is 11.1 Å². The van der Waals surface area contributed by atoms with Crippen LogP contribution in [0, 0.1) is 0 Å². The van der Waals surface area contributed by atoms with E-state index in [1.54, 1.807) is 0 Å². The normalized spacial score (nSPS) is 10.6. The monoisotopic (exact) mass is 185 g/mol. The van der Waals surface area contributed by atoms with Crippen molar-refractivity contribution in [1.29, 1.82) is 0 Å². The van der Waals surface area contributed by atoms with Crippen LogP contribution in [0.25, 0.3) is 10.8 Å². The average Bonchev–Trinajstić information content (AvgIpc) is 2.20. The van der Waals surface area contributed by atoms with Gasteiger partial charge in [0.25, 0.3) is 0 Å². The standard InChI is InChI=1S/C13H15N/c1-2-4-10-7-8-11-5-3-6-13(14)12(11)9-10/h3,5-9H,2,4,14H2,1H3. The zero-order chi connectivity index (χ0) is 9.97. The molecule has 2 N–H and O–H groups in total. The molecule has 0 saturated heterocycles. The minimum absolute atomic E-state index is 0.875. The third kappa shape index (κ3) is 1.58. The Morgan fingerprint density at radius 2 is 2.00 bits per heavy atom. The predicted molar refractivity (Wildman–Crippen MR) is 62.4 cm³/mol. The van der Waals surface area contributed by atoms with E-state index in [1.807, 2.05) is 12.1 Å². The molecular formula is C13H15N. The van der Waals surface area contributed by atoms with Gasteiger partial charge < -0.3 is 5.73 Å². The largest absolute Gasteiger partial charge is 0.398 e. The highest BCUT2D eigenvalue weighted by Crippen LogP contribution is 2.22. The van der Waals surface area contributed by atoms with E-state index in [9.17, 15) is 0 Å². The number of aryl methyl sites for hydroxylation is 1. The first-order chi connectivity index (χ1) is 6.81. The smallest absolute Gasteiger partial charge is 0.0393 e. The summed E-state index contributed by atoms with van der Waals surface area (Å²) in [6.07, 6.45) is 2.31. The van der Waals surface area contributed by atoms with Crippen molar-refractivity contribution in [3.8, 4) is 0 Å². The molecule has 0 heterocycles. The molecule has 1 heteroatoms. The first kappa shape index (κ1) is 9.07. The molecule has 2 aromatic carbocycles. The lowest BCUT2D eigenvalue weighted by Crippen LogP contribution is -1.88. The van der Waals surface area contributed by atoms with Crippen molar-refractivity contribution in [2.45, 2.75) is 19.8 Å². The van der Waals surface area contributed by atoms with Gasteiger partial charge in [0.15, 0.2) is 0 Å². The molecule has 0 unspecified atom stereocenters. The van der Waals surface area contributed by atoms with Crippen molar-refractivity contribution >= 4 is 16.5 Å². The lowest BCUT2D eigenvalue weighted by molar-refractivity contribution is 0.924. The Bertz CT molecular complexity index is 446. The van der Waals surface area contributed by atoms with Crippen LogP contribution in [0.2, 0.25) is 0 Å². The van der Waals surface area contributed by atoms with Gasteiger partial charge in [-0.15, -0.1) is 0 Å². The van der Waals surface area contributed by atoms with Crippen LogP contribution in [0.4, 0.5) is 5.69 Å². The van der Waals surface area contributed by atoms with Gasteiger partial charge in [0.05, 0.1) is 0 Å². The fraction of sp³-hybridized carbons (Fsp3) is 0.231. The van der Waals surface area contributed by atoms with E-state index in [2.05, 4.69) is 31.2 Å². The summed E-state index contributed by atoms with van der Waals surface area (Å²) >= 11 is 0. The van der Waals surface area contributed by atoms with E-state index in [1.165, 1.54) is 22.8 Å². The Morgan fingerprint density at radius 3 is 2.79 bits per heavy atom. The number of rotatable bonds is 2. The Balaban J connectivity index is 2.58. The molecule has 0 bridgehead atoms. The van der Waals surface area contributed by atoms with Gasteiger partial charge in [-0.25, -0.2) is 0 Å². The molecule has 2 rings (SSSR count). The number of benzene rings is 2. The first-order valence-corrected chi connectivity index (χ1v) is 5.08. The molecule has 0 radical (unpaired) electrons. The molecule has 72 valence electrons. The van der Waals surface area contributed by atoms with Crippen molar-refractivity contribution < 1.29 is 0 Å². The minimum atomic E-state index is 0.875. The van der Waals surface area contributed by atoms with Crippen molar-refractivity contribution in [3.63, 3.8) is 0 Å². The molecule has 0 aliphatic heterocycles. The van der Waals surface area contributed by atoms with Gasteiger partial charge in [-0.05, 0) is 29.5 Å². The number of anilines is 1. The Morgan fingerprint density at radius 1 is 1.14 bits per heavy atom. The summed E-state index contributed by atoms with van der Waals surface area (Å²) in [5.41, 5.74) is 8.17. The molecule has 0 spiro atoms. The van der Waals surface area contributed by atoms with Crippen LogP contribution in [0.3, 0.4) is 0 Å². The Hall–Kier alpha value is -1.50. The van der Waals surface area contributed by atoms with E-state index >= 15 is 0 Å². The van der Waals surface area contributed by atoms with Crippen molar-refractivity contribution in [2.24, 2.45) is 0 Å². The molecular weight excluding hydrogens is 170 g/mol. The highest BCUT2D eigenvalue weighted by Gasteiger charge is 1.98. The van der Waals surface area contributed by atoms with Crippen LogP contribution in [0.15, 0.2) is 36.4 Å². The molecule has 0 amide bonds. The highest BCUT2D eigenvalue weighted by molar-refractivity contribution is 5.93. The third-order valence-electron chi connectivity index (χ3n) is 2.52. The molecule has 0 aromatic heterocycles. The number of nitrogen functional groups attached to an aromatic ring is 1. The third-order valence-corrected chi connectivity index (χ3v) is 2.52. The lowest BCUT2D eigenvalue weighted by atomic mass is 10.0. The van der Waals surface area contributed by atoms with Crippen LogP contribution in [-0.4, -0.2) is 0 Å². The minimum Gasteiger partial charge on any atom is -0.398 e. The zero-order valence-electron chi connectivity index (χ0n) is 8.46. The number of hydrogen-bond donors (Lipinski definition) is 1. The second kappa shape index (κ2) is 3.70. The molecule has 0 fully saturated rings. The summed E-state index contributed by atoms with van der Waals surface area (Å²) in [4.78, 5) is 0. The molecule has 0 saturated carbocycles. The van der Waals surface area contributed by atoms with E-state index in [4.69, 9.17) is 5.73 Å². The fourth-order valence-corrected chi connectivity index (χ4v) is 1.79. The summed E-state index contributed by atoms with van der Waals surface area (Å²) < 4.78 is 0. The summed E-state index contributed by atoms with van der Waals surface area (Å²) in [6.45, 7) is 2.19. The summed E-state index contributed by atoms with van der Waals surface area (Å²) in [6, 6.07) is 12.6.